The minimum Gasteiger partial charge on any atom is -0.474 e. The largest absolute Gasteiger partial charge is 0.474 e. The quantitative estimate of drug-likeness (QED) is 0.347. The number of carbonyl (C=O) groups excluding carboxylic acids is 1. The summed E-state index contributed by atoms with van der Waals surface area (Å²) in [7, 11) is 2.12. The molecule has 7 nitrogen and oxygen atoms in total. The van der Waals surface area contributed by atoms with Gasteiger partial charge in [0.05, 0.1) is 11.4 Å². The van der Waals surface area contributed by atoms with E-state index in [9.17, 15) is 4.39 Å². The van der Waals surface area contributed by atoms with E-state index in [1.165, 1.54) is 25.3 Å². The van der Waals surface area contributed by atoms with Crippen LogP contribution in [-0.2, 0) is 4.79 Å². The first kappa shape index (κ1) is 32.8. The van der Waals surface area contributed by atoms with Crippen LogP contribution in [0.5, 0.6) is 5.88 Å². The van der Waals surface area contributed by atoms with E-state index in [2.05, 4.69) is 23.9 Å². The maximum Gasteiger partial charge on any atom is 0.214 e. The molecule has 4 N–H and O–H groups in total. The highest BCUT2D eigenvalue weighted by molar-refractivity contribution is 5.76. The van der Waals surface area contributed by atoms with Crippen LogP contribution in [0.25, 0.3) is 22.4 Å². The van der Waals surface area contributed by atoms with Crippen molar-refractivity contribution in [3.8, 4) is 28.3 Å². The zero-order valence-corrected chi connectivity index (χ0v) is 24.8. The van der Waals surface area contributed by atoms with Gasteiger partial charge in [-0.15, -0.1) is 0 Å². The number of hydrogen-bond acceptors (Lipinski definition) is 7. The van der Waals surface area contributed by atoms with Gasteiger partial charge >= 0.3 is 0 Å². The molecule has 2 aromatic heterocycles. The Kier molecular flexibility index (Phi) is 13.2. The Labute approximate surface area is 239 Å². The van der Waals surface area contributed by atoms with Crippen molar-refractivity contribution in [1.29, 1.82) is 0 Å². The van der Waals surface area contributed by atoms with Crippen molar-refractivity contribution in [2.24, 2.45) is 11.1 Å². The van der Waals surface area contributed by atoms with Crippen LogP contribution in [0.3, 0.4) is 0 Å². The molecule has 2 fully saturated rings. The van der Waals surface area contributed by atoms with Crippen LogP contribution < -0.4 is 16.2 Å². The van der Waals surface area contributed by atoms with Gasteiger partial charge in [-0.05, 0) is 105 Å². The maximum absolute atomic E-state index is 13.9. The summed E-state index contributed by atoms with van der Waals surface area (Å²) in [5, 5.41) is 0. The first-order chi connectivity index (χ1) is 19.3. The monoisotopic (exact) mass is 551 g/mol. The van der Waals surface area contributed by atoms with E-state index in [1.807, 2.05) is 51.8 Å². The second kappa shape index (κ2) is 16.0. The Bertz CT molecular complexity index is 1180. The topological polar surface area (TPSA) is 107 Å². The van der Waals surface area contributed by atoms with Crippen molar-refractivity contribution >= 4 is 12.5 Å². The predicted octanol–water partition coefficient (Wildman–Crippen LogP) is 6.29. The molecule has 8 heteroatoms. The summed E-state index contributed by atoms with van der Waals surface area (Å²) in [6.45, 7) is 13.1. The van der Waals surface area contributed by atoms with Crippen LogP contribution in [0.4, 0.5) is 10.1 Å². The van der Waals surface area contributed by atoms with Crippen LogP contribution in [-0.4, -0.2) is 54.4 Å². The highest BCUT2D eigenvalue weighted by Gasteiger charge is 2.35. The third-order valence-electron chi connectivity index (χ3n) is 7.24. The number of halogens is 1. The zero-order valence-electron chi connectivity index (χ0n) is 24.8. The molecule has 218 valence electrons. The van der Waals surface area contributed by atoms with Crippen LogP contribution in [0, 0.1) is 18.2 Å². The van der Waals surface area contributed by atoms with Gasteiger partial charge in [-0.1, -0.05) is 20.8 Å². The Morgan fingerprint density at radius 1 is 1.07 bits per heavy atom. The molecule has 3 heterocycles. The van der Waals surface area contributed by atoms with E-state index in [4.69, 9.17) is 26.0 Å². The number of pyridine rings is 2. The van der Waals surface area contributed by atoms with Gasteiger partial charge in [0.15, 0.2) is 0 Å². The number of rotatable bonds is 6. The summed E-state index contributed by atoms with van der Waals surface area (Å²) in [6.07, 6.45) is 9.59. The Morgan fingerprint density at radius 3 is 2.25 bits per heavy atom. The molecule has 3 aromatic rings. The summed E-state index contributed by atoms with van der Waals surface area (Å²) in [4.78, 5) is 19.1. The number of aromatic nitrogens is 2. The molecule has 1 aromatic carbocycles. The van der Waals surface area contributed by atoms with Gasteiger partial charge in [0.25, 0.3) is 0 Å². The van der Waals surface area contributed by atoms with E-state index in [0.29, 0.717) is 11.3 Å². The molecule has 2 aliphatic rings. The standard InChI is InChI=1S/C23H25FN4O.C6H13N.C2H6.CH2O/c1-15-11-20(24)21(25)14-19(15)17-12-22(16-3-7-26-8-4-16)27-23(13-17)29-18-5-9-28(2)10-6-18;1-6(2-3-6)4-5-7;2*1-2/h3-4,7-8,11-14,18H,5-6,9-10,25H2,1-2H3;2-5,7H2,1H3;1-2H3;1H2. The van der Waals surface area contributed by atoms with Gasteiger partial charge < -0.3 is 25.9 Å². The summed E-state index contributed by atoms with van der Waals surface area (Å²) in [5.74, 6) is 0.170. The van der Waals surface area contributed by atoms with Crippen molar-refractivity contribution in [2.45, 2.75) is 65.9 Å². The molecule has 0 unspecified atom stereocenters. The molecular weight excluding hydrogens is 505 g/mol. The van der Waals surface area contributed by atoms with Gasteiger partial charge in [-0.3, -0.25) is 4.98 Å². The molecule has 0 amide bonds. The van der Waals surface area contributed by atoms with Crippen LogP contribution in [0.15, 0.2) is 48.8 Å². The highest BCUT2D eigenvalue weighted by atomic mass is 19.1. The molecule has 0 spiro atoms. The molecular formula is C32H46FN5O2. The minimum absolute atomic E-state index is 0.130. The van der Waals surface area contributed by atoms with Crippen LogP contribution in [0.2, 0.25) is 0 Å². The summed E-state index contributed by atoms with van der Waals surface area (Å²) in [6, 6.07) is 10.9. The second-order valence-corrected chi connectivity index (χ2v) is 10.5. The third kappa shape index (κ3) is 9.68. The summed E-state index contributed by atoms with van der Waals surface area (Å²) < 4.78 is 20.1. The molecule has 1 saturated carbocycles. The molecule has 0 atom stereocenters. The number of nitrogens with two attached hydrogens (primary N) is 2. The number of benzene rings is 1. The lowest BCUT2D eigenvalue weighted by Gasteiger charge is -2.29. The number of piperidine rings is 1. The second-order valence-electron chi connectivity index (χ2n) is 10.5. The molecule has 5 rings (SSSR count). The van der Waals surface area contributed by atoms with Crippen molar-refractivity contribution < 1.29 is 13.9 Å². The number of aryl methyl sites for hydroxylation is 1. The average Bonchev–Trinajstić information content (AvgIpc) is 3.71. The molecule has 40 heavy (non-hydrogen) atoms. The fourth-order valence-corrected chi connectivity index (χ4v) is 4.48. The molecule has 1 aliphatic carbocycles. The van der Waals surface area contributed by atoms with Gasteiger partial charge in [0, 0.05) is 37.1 Å². The van der Waals surface area contributed by atoms with E-state index < -0.39 is 5.82 Å². The number of carbonyl (C=O) groups is 1. The number of likely N-dealkylation sites (tertiary alicyclic amines) is 1. The third-order valence-corrected chi connectivity index (χ3v) is 7.24. The average molecular weight is 552 g/mol. The maximum atomic E-state index is 13.9. The first-order valence-electron chi connectivity index (χ1n) is 14.1. The van der Waals surface area contributed by atoms with Crippen molar-refractivity contribution in [2.75, 3.05) is 32.4 Å². The molecule has 1 aliphatic heterocycles. The van der Waals surface area contributed by atoms with Gasteiger partial charge in [-0.2, -0.15) is 0 Å². The SMILES string of the molecule is C=O.CC.CC1(CCN)CC1.Cc1cc(F)c(N)cc1-c1cc(OC2CCN(C)CC2)nc(-c2ccncc2)c1. The fraction of sp³-hybridized carbons (Fsp3) is 0.469. The van der Waals surface area contributed by atoms with E-state index in [-0.39, 0.29) is 11.8 Å². The molecule has 0 radical (unpaired) electrons. The normalized spacial score (nSPS) is 15.8. The van der Waals surface area contributed by atoms with Crippen molar-refractivity contribution in [1.82, 2.24) is 14.9 Å². The lowest BCUT2D eigenvalue weighted by Crippen LogP contribution is -2.35. The number of hydrogen-bond donors (Lipinski definition) is 2. The van der Waals surface area contributed by atoms with Crippen LogP contribution in [0.1, 0.15) is 58.4 Å². The minimum atomic E-state index is -0.405. The number of nitrogen functional groups attached to an aromatic ring is 1. The van der Waals surface area contributed by atoms with Crippen molar-refractivity contribution in [3.63, 3.8) is 0 Å². The number of nitrogens with zero attached hydrogens (tertiary/aromatic N) is 3. The lowest BCUT2D eigenvalue weighted by atomic mass is 9.98. The number of anilines is 1. The molecule has 1 saturated heterocycles. The van der Waals surface area contributed by atoms with E-state index in [1.54, 1.807) is 18.5 Å². The Hall–Kier alpha value is -3.36. The lowest BCUT2D eigenvalue weighted by molar-refractivity contribution is -0.0980. The van der Waals surface area contributed by atoms with Crippen molar-refractivity contribution in [3.05, 3.63) is 60.2 Å². The van der Waals surface area contributed by atoms with Crippen LogP contribution >= 0.6 is 0 Å². The number of ether oxygens (including phenoxy) is 1. The smallest absolute Gasteiger partial charge is 0.214 e. The van der Waals surface area contributed by atoms with E-state index >= 15 is 0 Å². The van der Waals surface area contributed by atoms with E-state index in [0.717, 1.165) is 60.4 Å². The first-order valence-corrected chi connectivity index (χ1v) is 14.1. The Balaban J connectivity index is 0.000000434. The fourth-order valence-electron chi connectivity index (χ4n) is 4.48. The zero-order chi connectivity index (χ0) is 29.7. The Morgan fingerprint density at radius 2 is 1.70 bits per heavy atom. The van der Waals surface area contributed by atoms with Gasteiger partial charge in [-0.25, -0.2) is 9.37 Å². The summed E-state index contributed by atoms with van der Waals surface area (Å²) >= 11 is 0. The predicted molar refractivity (Wildman–Crippen MR) is 163 cm³/mol. The van der Waals surface area contributed by atoms with Gasteiger partial charge in [0.1, 0.15) is 18.7 Å². The molecule has 0 bridgehead atoms. The summed E-state index contributed by atoms with van der Waals surface area (Å²) in [5.41, 5.74) is 16.3. The highest BCUT2D eigenvalue weighted by Crippen LogP contribution is 2.47. The van der Waals surface area contributed by atoms with Gasteiger partial charge in [0.2, 0.25) is 5.88 Å².